The molecule has 0 saturated carbocycles. The van der Waals surface area contributed by atoms with Gasteiger partial charge in [-0.3, -0.25) is 0 Å². The van der Waals surface area contributed by atoms with Gasteiger partial charge in [0, 0.05) is 0 Å². The normalized spacial score (nSPS) is 12.5. The van der Waals surface area contributed by atoms with E-state index in [1.807, 2.05) is 0 Å². The first-order valence-corrected chi connectivity index (χ1v) is 13.1. The Bertz CT molecular complexity index is 1190. The molecular weight excluding hydrogens is 415 g/mol. The van der Waals surface area contributed by atoms with E-state index in [9.17, 15) is 0 Å². The van der Waals surface area contributed by atoms with Crippen molar-refractivity contribution in [2.75, 3.05) is 6.66 Å². The van der Waals surface area contributed by atoms with Gasteiger partial charge in [-0.1, -0.05) is 0 Å². The van der Waals surface area contributed by atoms with Crippen molar-refractivity contribution in [2.24, 2.45) is 0 Å². The van der Waals surface area contributed by atoms with Gasteiger partial charge in [-0.05, 0) is 0 Å². The topological polar surface area (TPSA) is 0 Å². The first kappa shape index (κ1) is 21.3. The van der Waals surface area contributed by atoms with Crippen molar-refractivity contribution in [3.63, 3.8) is 0 Å². The van der Waals surface area contributed by atoms with Crippen LogP contribution in [-0.2, 0) is 0 Å². The largest absolute Gasteiger partial charge is 0.147 e. The van der Waals surface area contributed by atoms with Crippen molar-refractivity contribution >= 4 is 51.0 Å². The number of halogens is 1. The molecule has 0 spiro atoms. The molecule has 0 fully saturated rings. The summed E-state index contributed by atoms with van der Waals surface area (Å²) in [5.41, 5.74) is 0. The van der Waals surface area contributed by atoms with Crippen molar-refractivity contribution < 1.29 is 0 Å². The van der Waals surface area contributed by atoms with E-state index in [2.05, 4.69) is 140 Å². The first-order valence-electron chi connectivity index (χ1n) is 10.4. The number of benzene rings is 5. The molecule has 0 heterocycles. The molecule has 0 atom stereocenters. The molecule has 0 aliphatic rings. The SMILES string of the molecule is CP(c1ccccc1)(c1ccccc1)(c1ccccc1)c1cccc2ccccc12.Cl. The second-order valence-corrected chi connectivity index (χ2v) is 13.2. The standard InChI is InChI=1S/C29H25P.ClH/c1-30(25-16-5-2-6-17-25,26-18-7-3-8-19-26,27-20-9-4-10-21-27)29-23-13-15-24-14-11-12-22-28(24)29;/h2-23H,1H3;1H. The van der Waals surface area contributed by atoms with Gasteiger partial charge in [-0.2, -0.15) is 0 Å². The minimum absolute atomic E-state index is 0. The first-order chi connectivity index (χ1) is 14.7. The Morgan fingerprint density at radius 1 is 0.419 bits per heavy atom. The number of hydrogen-bond donors (Lipinski definition) is 0. The molecular formula is C29H26ClP. The van der Waals surface area contributed by atoms with E-state index in [0.29, 0.717) is 0 Å². The average molecular weight is 441 g/mol. The monoisotopic (exact) mass is 440 g/mol. The fourth-order valence-corrected chi connectivity index (χ4v) is 10.7. The zero-order valence-corrected chi connectivity index (χ0v) is 19.3. The maximum atomic E-state index is 2.52. The van der Waals surface area contributed by atoms with Crippen LogP contribution < -0.4 is 21.2 Å². The Morgan fingerprint density at radius 3 is 1.29 bits per heavy atom. The number of fused-ring (bicyclic) bond motifs is 1. The van der Waals surface area contributed by atoms with Crippen LogP contribution in [0.3, 0.4) is 0 Å². The predicted octanol–water partition coefficient (Wildman–Crippen LogP) is 6.05. The maximum absolute atomic E-state index is 2.99. The summed E-state index contributed by atoms with van der Waals surface area (Å²) < 4.78 is 0. The van der Waals surface area contributed by atoms with Crippen LogP contribution in [0.2, 0.25) is 0 Å². The molecule has 0 nitrogen and oxygen atoms in total. The summed E-state index contributed by atoms with van der Waals surface area (Å²) in [7, 11) is 0. The van der Waals surface area contributed by atoms with E-state index in [0.717, 1.165) is 0 Å². The quantitative estimate of drug-likeness (QED) is 0.298. The summed E-state index contributed by atoms with van der Waals surface area (Å²) in [6.07, 6.45) is 0. The zero-order valence-electron chi connectivity index (χ0n) is 17.6. The van der Waals surface area contributed by atoms with Crippen LogP contribution >= 0.6 is 19.0 Å². The van der Waals surface area contributed by atoms with Crippen LogP contribution in [0.5, 0.6) is 0 Å². The third-order valence-corrected chi connectivity index (χ3v) is 12.9. The third kappa shape index (κ3) is 3.10. The van der Waals surface area contributed by atoms with Crippen molar-refractivity contribution in [1.29, 1.82) is 0 Å². The summed E-state index contributed by atoms with van der Waals surface area (Å²) >= 11 is 0. The molecule has 0 radical (unpaired) electrons. The Balaban J connectivity index is 0.00000231. The van der Waals surface area contributed by atoms with Gasteiger partial charge in [-0.25, -0.2) is 0 Å². The molecule has 0 bridgehead atoms. The summed E-state index contributed by atoms with van der Waals surface area (Å²) in [6, 6.07) is 48.9. The molecule has 0 aromatic heterocycles. The molecule has 31 heavy (non-hydrogen) atoms. The van der Waals surface area contributed by atoms with E-state index in [1.54, 1.807) is 0 Å². The van der Waals surface area contributed by atoms with Crippen molar-refractivity contribution in [3.8, 4) is 0 Å². The Kier molecular flexibility index (Phi) is 5.71. The summed E-state index contributed by atoms with van der Waals surface area (Å²) in [6.45, 7) is -0.468. The molecule has 5 aromatic carbocycles. The van der Waals surface area contributed by atoms with E-state index < -0.39 is 6.60 Å². The van der Waals surface area contributed by atoms with Crippen molar-refractivity contribution in [1.82, 2.24) is 0 Å². The second kappa shape index (κ2) is 8.31. The van der Waals surface area contributed by atoms with Gasteiger partial charge in [0.1, 0.15) is 0 Å². The van der Waals surface area contributed by atoms with Gasteiger partial charge >= 0.3 is 179 Å². The van der Waals surface area contributed by atoms with Crippen molar-refractivity contribution in [3.05, 3.63) is 133 Å². The van der Waals surface area contributed by atoms with Gasteiger partial charge < -0.3 is 0 Å². The Morgan fingerprint density at radius 2 is 0.806 bits per heavy atom. The smallest absolute Gasteiger partial charge is 0.147 e. The van der Waals surface area contributed by atoms with Crippen LogP contribution in [-0.4, -0.2) is 6.66 Å². The van der Waals surface area contributed by atoms with E-state index in [4.69, 9.17) is 0 Å². The molecule has 0 aliphatic heterocycles. The number of hydrogen-bond acceptors (Lipinski definition) is 0. The molecule has 0 saturated heterocycles. The van der Waals surface area contributed by atoms with Crippen LogP contribution in [0.1, 0.15) is 0 Å². The van der Waals surface area contributed by atoms with Gasteiger partial charge in [0.25, 0.3) is 0 Å². The molecule has 2 heteroatoms. The third-order valence-electron chi connectivity index (χ3n) is 6.57. The summed E-state index contributed by atoms with van der Waals surface area (Å²) in [5, 5.41) is 8.19. The second-order valence-electron chi connectivity index (χ2n) is 8.07. The molecule has 5 aromatic rings. The van der Waals surface area contributed by atoms with Crippen LogP contribution in [0.15, 0.2) is 133 Å². The predicted molar refractivity (Wildman–Crippen MR) is 142 cm³/mol. The van der Waals surface area contributed by atoms with Gasteiger partial charge in [-0.15, -0.1) is 12.4 Å². The van der Waals surface area contributed by atoms with Crippen molar-refractivity contribution in [2.45, 2.75) is 0 Å². The molecule has 154 valence electrons. The van der Waals surface area contributed by atoms with Crippen LogP contribution in [0.4, 0.5) is 0 Å². The van der Waals surface area contributed by atoms with Crippen LogP contribution in [0.25, 0.3) is 10.8 Å². The van der Waals surface area contributed by atoms with Gasteiger partial charge in [0.2, 0.25) is 0 Å². The molecule has 0 aliphatic carbocycles. The maximum Gasteiger partial charge on any atom is -0.147 e. The van der Waals surface area contributed by atoms with Gasteiger partial charge in [0.15, 0.2) is 0 Å². The Hall–Kier alpha value is -2.92. The fraction of sp³-hybridized carbons (Fsp3) is 0.0345. The van der Waals surface area contributed by atoms with Crippen LogP contribution in [0, 0.1) is 0 Å². The minimum Gasteiger partial charge on any atom is -0.147 e. The number of rotatable bonds is 4. The summed E-state index contributed by atoms with van der Waals surface area (Å²) in [4.78, 5) is 0. The zero-order chi connectivity index (χ0) is 20.5. The van der Waals surface area contributed by atoms with E-state index in [1.165, 1.54) is 32.0 Å². The molecule has 0 amide bonds. The van der Waals surface area contributed by atoms with E-state index >= 15 is 0 Å². The minimum atomic E-state index is -2.99. The molecule has 5 rings (SSSR count). The Labute approximate surface area is 190 Å². The molecule has 0 N–H and O–H groups in total. The molecule has 0 unspecified atom stereocenters. The van der Waals surface area contributed by atoms with Gasteiger partial charge in [0.05, 0.1) is 0 Å². The summed E-state index contributed by atoms with van der Waals surface area (Å²) in [5.74, 6) is 0. The average Bonchev–Trinajstić information content (AvgIpc) is 2.85. The van der Waals surface area contributed by atoms with E-state index in [-0.39, 0.29) is 12.4 Å². The fourth-order valence-electron chi connectivity index (χ4n) is 4.96.